The van der Waals surface area contributed by atoms with Gasteiger partial charge in [-0.25, -0.2) is 4.98 Å². The molecule has 0 bridgehead atoms. The van der Waals surface area contributed by atoms with E-state index >= 15 is 0 Å². The van der Waals surface area contributed by atoms with Gasteiger partial charge in [-0.3, -0.25) is 4.68 Å². The normalized spacial score (nSPS) is 12.5. The van der Waals surface area contributed by atoms with E-state index in [1.807, 2.05) is 20.9 Å². The minimum absolute atomic E-state index is 0.423. The topological polar surface area (TPSA) is 60.2 Å². The third-order valence-corrected chi connectivity index (χ3v) is 2.89. The highest BCUT2D eigenvalue weighted by atomic mass is 16.5. The fraction of sp³-hybridized carbons (Fsp3) is 0.385. The van der Waals surface area contributed by atoms with Crippen molar-refractivity contribution in [2.45, 2.75) is 26.9 Å². The van der Waals surface area contributed by atoms with Crippen molar-refractivity contribution in [1.82, 2.24) is 14.8 Å². The molecule has 18 heavy (non-hydrogen) atoms. The Balaban J connectivity index is 2.40. The minimum atomic E-state index is -0.619. The van der Waals surface area contributed by atoms with Gasteiger partial charge in [0.2, 0.25) is 5.88 Å². The second-order valence-electron chi connectivity index (χ2n) is 4.30. The summed E-state index contributed by atoms with van der Waals surface area (Å²) in [6, 6.07) is 3.58. The van der Waals surface area contributed by atoms with Gasteiger partial charge in [0.05, 0.1) is 11.8 Å². The molecule has 2 heterocycles. The van der Waals surface area contributed by atoms with E-state index in [1.54, 1.807) is 29.9 Å². The fourth-order valence-electron chi connectivity index (χ4n) is 1.81. The average Bonchev–Trinajstić information content (AvgIpc) is 2.56. The number of nitrogens with zero attached hydrogens (tertiary/aromatic N) is 3. The zero-order valence-electron chi connectivity index (χ0n) is 11.0. The van der Waals surface area contributed by atoms with Gasteiger partial charge in [-0.2, -0.15) is 5.10 Å². The minimum Gasteiger partial charge on any atom is -0.435 e. The van der Waals surface area contributed by atoms with Crippen molar-refractivity contribution < 1.29 is 9.84 Å². The van der Waals surface area contributed by atoms with E-state index in [1.165, 1.54) is 0 Å². The van der Waals surface area contributed by atoms with Crippen molar-refractivity contribution in [2.75, 3.05) is 0 Å². The third-order valence-electron chi connectivity index (χ3n) is 2.89. The third kappa shape index (κ3) is 2.22. The molecule has 2 aromatic rings. The Labute approximate surface area is 106 Å². The van der Waals surface area contributed by atoms with Crippen molar-refractivity contribution in [3.05, 3.63) is 35.3 Å². The molecule has 0 amide bonds. The summed E-state index contributed by atoms with van der Waals surface area (Å²) in [5, 5.41) is 14.0. The van der Waals surface area contributed by atoms with E-state index in [2.05, 4.69) is 10.1 Å². The Morgan fingerprint density at radius 1 is 1.39 bits per heavy atom. The summed E-state index contributed by atoms with van der Waals surface area (Å²) in [5.74, 6) is 1.12. The summed E-state index contributed by atoms with van der Waals surface area (Å²) in [7, 11) is 1.86. The molecule has 0 aromatic carbocycles. The molecule has 96 valence electrons. The van der Waals surface area contributed by atoms with Crippen LogP contribution in [-0.2, 0) is 7.05 Å². The summed E-state index contributed by atoms with van der Waals surface area (Å²) < 4.78 is 7.56. The molecule has 5 heteroatoms. The number of rotatable bonds is 3. The lowest BCUT2D eigenvalue weighted by Gasteiger charge is -2.11. The maximum absolute atomic E-state index is 9.69. The van der Waals surface area contributed by atoms with Gasteiger partial charge in [0.25, 0.3) is 0 Å². The molecule has 0 radical (unpaired) electrons. The molecule has 1 N–H and O–H groups in total. The quantitative estimate of drug-likeness (QED) is 0.904. The van der Waals surface area contributed by atoms with Crippen molar-refractivity contribution in [2.24, 2.45) is 7.05 Å². The van der Waals surface area contributed by atoms with Crippen molar-refractivity contribution in [3.63, 3.8) is 0 Å². The van der Waals surface area contributed by atoms with Crippen LogP contribution in [-0.4, -0.2) is 19.9 Å². The fourth-order valence-corrected chi connectivity index (χ4v) is 1.81. The number of aliphatic hydroxyl groups is 1. The number of pyridine rings is 1. The average molecular weight is 247 g/mol. The zero-order valence-corrected chi connectivity index (χ0v) is 11.0. The summed E-state index contributed by atoms with van der Waals surface area (Å²) in [5.41, 5.74) is 2.40. The first-order chi connectivity index (χ1) is 8.50. The SMILES string of the molecule is Cc1nn(C)c(C)c1Oc1ncccc1[C@@H](C)O. The van der Waals surface area contributed by atoms with Crippen molar-refractivity contribution in [3.8, 4) is 11.6 Å². The number of hydrogen-bond acceptors (Lipinski definition) is 4. The van der Waals surface area contributed by atoms with Crippen LogP contribution in [0.4, 0.5) is 0 Å². The largest absolute Gasteiger partial charge is 0.435 e. The number of aromatic nitrogens is 3. The summed E-state index contributed by atoms with van der Waals surface area (Å²) in [6.07, 6.45) is 1.02. The Morgan fingerprint density at radius 2 is 2.11 bits per heavy atom. The molecule has 0 spiro atoms. The van der Waals surface area contributed by atoms with Gasteiger partial charge in [0, 0.05) is 18.8 Å². The van der Waals surface area contributed by atoms with Gasteiger partial charge in [0.15, 0.2) is 5.75 Å². The second kappa shape index (κ2) is 4.78. The van der Waals surface area contributed by atoms with Crippen LogP contribution in [0.1, 0.15) is 30.0 Å². The standard InChI is InChI=1S/C13H17N3O2/c1-8-12(9(2)16(4)15-8)18-13-11(10(3)17)6-5-7-14-13/h5-7,10,17H,1-4H3/t10-/m1/s1. The first kappa shape index (κ1) is 12.6. The number of ether oxygens (including phenoxy) is 1. The van der Waals surface area contributed by atoms with E-state index in [0.717, 1.165) is 11.4 Å². The lowest BCUT2D eigenvalue weighted by atomic mass is 10.2. The van der Waals surface area contributed by atoms with Gasteiger partial charge in [-0.05, 0) is 32.9 Å². The van der Waals surface area contributed by atoms with Crippen LogP contribution in [0.5, 0.6) is 11.6 Å². The predicted octanol–water partition coefficient (Wildman–Crippen LogP) is 2.28. The molecule has 2 aromatic heterocycles. The zero-order chi connectivity index (χ0) is 13.3. The lowest BCUT2D eigenvalue weighted by Crippen LogP contribution is -1.99. The molecule has 0 aliphatic heterocycles. The monoisotopic (exact) mass is 247 g/mol. The van der Waals surface area contributed by atoms with Gasteiger partial charge in [0.1, 0.15) is 5.69 Å². The van der Waals surface area contributed by atoms with Crippen LogP contribution in [0, 0.1) is 13.8 Å². The molecule has 0 fully saturated rings. The Hall–Kier alpha value is -1.88. The highest BCUT2D eigenvalue weighted by Gasteiger charge is 2.16. The maximum Gasteiger partial charge on any atom is 0.225 e. The molecule has 0 unspecified atom stereocenters. The van der Waals surface area contributed by atoms with Gasteiger partial charge in [-0.15, -0.1) is 0 Å². The lowest BCUT2D eigenvalue weighted by molar-refractivity contribution is 0.194. The van der Waals surface area contributed by atoms with Crippen molar-refractivity contribution in [1.29, 1.82) is 0 Å². The van der Waals surface area contributed by atoms with Crippen LogP contribution in [0.3, 0.4) is 0 Å². The molecule has 0 saturated carbocycles. The molecule has 1 atom stereocenters. The second-order valence-corrected chi connectivity index (χ2v) is 4.30. The number of aliphatic hydroxyl groups excluding tert-OH is 1. The van der Waals surface area contributed by atoms with Crippen LogP contribution >= 0.6 is 0 Å². The van der Waals surface area contributed by atoms with E-state index in [9.17, 15) is 5.11 Å². The summed E-state index contributed by atoms with van der Waals surface area (Å²) >= 11 is 0. The van der Waals surface area contributed by atoms with E-state index in [4.69, 9.17) is 4.74 Å². The van der Waals surface area contributed by atoms with E-state index in [-0.39, 0.29) is 0 Å². The van der Waals surface area contributed by atoms with E-state index < -0.39 is 6.10 Å². The highest BCUT2D eigenvalue weighted by Crippen LogP contribution is 2.30. The number of aryl methyl sites for hydroxylation is 2. The highest BCUT2D eigenvalue weighted by molar-refractivity contribution is 5.38. The predicted molar refractivity (Wildman–Crippen MR) is 67.6 cm³/mol. The molecular weight excluding hydrogens is 230 g/mol. The molecular formula is C13H17N3O2. The van der Waals surface area contributed by atoms with Gasteiger partial charge in [-0.1, -0.05) is 0 Å². The Bertz CT molecular complexity index is 561. The molecule has 0 saturated heterocycles. The Kier molecular flexibility index (Phi) is 3.34. The summed E-state index contributed by atoms with van der Waals surface area (Å²) in [4.78, 5) is 4.17. The van der Waals surface area contributed by atoms with Crippen LogP contribution < -0.4 is 4.74 Å². The first-order valence-corrected chi connectivity index (χ1v) is 5.81. The van der Waals surface area contributed by atoms with Crippen LogP contribution in [0.15, 0.2) is 18.3 Å². The van der Waals surface area contributed by atoms with E-state index in [0.29, 0.717) is 17.2 Å². The van der Waals surface area contributed by atoms with Gasteiger partial charge >= 0.3 is 0 Å². The van der Waals surface area contributed by atoms with Crippen LogP contribution in [0.2, 0.25) is 0 Å². The molecule has 2 rings (SSSR count). The molecule has 0 aliphatic rings. The van der Waals surface area contributed by atoms with Gasteiger partial charge < -0.3 is 9.84 Å². The van der Waals surface area contributed by atoms with Crippen molar-refractivity contribution >= 4 is 0 Å². The first-order valence-electron chi connectivity index (χ1n) is 5.81. The summed E-state index contributed by atoms with van der Waals surface area (Å²) in [6.45, 7) is 5.50. The number of hydrogen-bond donors (Lipinski definition) is 1. The Morgan fingerprint density at radius 3 is 2.67 bits per heavy atom. The molecule has 5 nitrogen and oxygen atoms in total. The maximum atomic E-state index is 9.69. The smallest absolute Gasteiger partial charge is 0.225 e. The van der Waals surface area contributed by atoms with Crippen LogP contribution in [0.25, 0.3) is 0 Å². The molecule has 0 aliphatic carbocycles.